The zero-order valence-corrected chi connectivity index (χ0v) is 21.3. The maximum atomic E-state index is 13.0. The van der Waals surface area contributed by atoms with Gasteiger partial charge in [-0.1, -0.05) is 11.6 Å². The van der Waals surface area contributed by atoms with E-state index in [-0.39, 0.29) is 24.1 Å². The van der Waals surface area contributed by atoms with Crippen molar-refractivity contribution in [3.63, 3.8) is 0 Å². The predicted octanol–water partition coefficient (Wildman–Crippen LogP) is 4.14. The number of nitrogens with one attached hydrogen (secondary N) is 2. The second-order valence-corrected chi connectivity index (χ2v) is 10.2. The van der Waals surface area contributed by atoms with Gasteiger partial charge in [-0.3, -0.25) is 9.59 Å². The summed E-state index contributed by atoms with van der Waals surface area (Å²) in [7, 11) is 4.27. The number of H-pyrrole nitrogens is 1. The average Bonchev–Trinajstić information content (AvgIpc) is 2.80. The number of amides is 1. The van der Waals surface area contributed by atoms with E-state index >= 15 is 0 Å². The lowest BCUT2D eigenvalue weighted by Gasteiger charge is -2.38. The monoisotopic (exact) mass is 487 g/mol. The Morgan fingerprint density at radius 1 is 1.15 bits per heavy atom. The minimum Gasteiger partial charge on any atom is -0.485 e. The van der Waals surface area contributed by atoms with Crippen LogP contribution in [0.1, 0.15) is 58.4 Å². The number of fused-ring (bicyclic) bond motifs is 1. The normalized spacial score (nSPS) is 22.0. The number of hydrogen-bond donors (Lipinski definition) is 2. The number of hydrogen-bond acceptors (Lipinski definition) is 5. The van der Waals surface area contributed by atoms with Crippen LogP contribution in [0.25, 0.3) is 0 Å². The van der Waals surface area contributed by atoms with Crippen molar-refractivity contribution in [1.82, 2.24) is 15.2 Å². The van der Waals surface area contributed by atoms with E-state index in [1.165, 1.54) is 0 Å². The molecule has 1 aliphatic heterocycles. The average molecular weight is 488 g/mol. The van der Waals surface area contributed by atoms with Gasteiger partial charge in [-0.05, 0) is 84.2 Å². The van der Waals surface area contributed by atoms with Crippen molar-refractivity contribution in [1.29, 1.82) is 0 Å². The van der Waals surface area contributed by atoms with Crippen LogP contribution in [-0.4, -0.2) is 48.6 Å². The molecule has 7 nitrogen and oxygen atoms in total. The van der Waals surface area contributed by atoms with Gasteiger partial charge in [0.25, 0.3) is 11.5 Å². The Morgan fingerprint density at radius 2 is 1.85 bits per heavy atom. The van der Waals surface area contributed by atoms with Crippen molar-refractivity contribution < 1.29 is 14.3 Å². The largest absolute Gasteiger partial charge is 0.485 e. The van der Waals surface area contributed by atoms with Crippen LogP contribution in [0.3, 0.4) is 0 Å². The second kappa shape index (κ2) is 10.0. The van der Waals surface area contributed by atoms with Crippen LogP contribution in [0.2, 0.25) is 5.02 Å². The first-order valence-electron chi connectivity index (χ1n) is 11.9. The molecule has 2 heterocycles. The van der Waals surface area contributed by atoms with Crippen molar-refractivity contribution in [2.45, 2.75) is 65.1 Å². The number of aromatic nitrogens is 1. The summed E-state index contributed by atoms with van der Waals surface area (Å²) in [5.41, 5.74) is 3.06. The zero-order valence-electron chi connectivity index (χ0n) is 20.6. The fraction of sp³-hybridized carbons (Fsp3) is 0.538. The van der Waals surface area contributed by atoms with E-state index < -0.39 is 0 Å². The Bertz CT molecular complexity index is 1140. The molecule has 0 spiro atoms. The number of rotatable bonds is 5. The molecular formula is C26H34ClN3O4. The number of carbonyl (C=O) groups is 1. The number of nitrogens with zero attached hydrogens (tertiary/aromatic N) is 1. The Balaban J connectivity index is 1.47. The summed E-state index contributed by atoms with van der Waals surface area (Å²) < 4.78 is 12.5. The first-order chi connectivity index (χ1) is 16.2. The van der Waals surface area contributed by atoms with Gasteiger partial charge in [0, 0.05) is 35.0 Å². The summed E-state index contributed by atoms with van der Waals surface area (Å²) in [5, 5.41) is 3.21. The smallest absolute Gasteiger partial charge is 0.253 e. The molecule has 1 amide bonds. The highest BCUT2D eigenvalue weighted by atomic mass is 35.5. The molecule has 34 heavy (non-hydrogen) atoms. The van der Waals surface area contributed by atoms with Crippen LogP contribution in [0.5, 0.6) is 11.5 Å². The minimum absolute atomic E-state index is 0.0385. The van der Waals surface area contributed by atoms with E-state index in [9.17, 15) is 9.59 Å². The number of carbonyl (C=O) groups excluding carboxylic acids is 1. The van der Waals surface area contributed by atoms with Gasteiger partial charge in [0.15, 0.2) is 11.5 Å². The van der Waals surface area contributed by atoms with E-state index in [0.29, 0.717) is 51.8 Å². The Labute approximate surface area is 205 Å². The van der Waals surface area contributed by atoms with Crippen LogP contribution >= 0.6 is 11.6 Å². The van der Waals surface area contributed by atoms with Gasteiger partial charge in [0.2, 0.25) is 0 Å². The highest BCUT2D eigenvalue weighted by Crippen LogP contribution is 2.45. The molecule has 0 radical (unpaired) electrons. The van der Waals surface area contributed by atoms with E-state index in [0.717, 1.165) is 36.9 Å². The molecule has 0 bridgehead atoms. The Kier molecular flexibility index (Phi) is 7.24. The molecule has 2 aliphatic rings. The summed E-state index contributed by atoms with van der Waals surface area (Å²) in [4.78, 5) is 30.3. The summed E-state index contributed by atoms with van der Waals surface area (Å²) in [6, 6.07) is 4.14. The molecule has 184 valence electrons. The van der Waals surface area contributed by atoms with Crippen molar-refractivity contribution in [2.75, 3.05) is 20.7 Å². The van der Waals surface area contributed by atoms with E-state index in [1.807, 2.05) is 26.8 Å². The Hall–Kier alpha value is -2.51. The number of ether oxygens (including phenoxy) is 2. The van der Waals surface area contributed by atoms with Gasteiger partial charge >= 0.3 is 0 Å². The van der Waals surface area contributed by atoms with Gasteiger partial charge in [0.05, 0.1) is 5.02 Å². The molecule has 1 atom stereocenters. The highest BCUT2D eigenvalue weighted by Gasteiger charge is 2.35. The molecular weight excluding hydrogens is 454 g/mol. The Morgan fingerprint density at radius 3 is 2.50 bits per heavy atom. The van der Waals surface area contributed by atoms with Gasteiger partial charge in [-0.15, -0.1) is 0 Å². The maximum absolute atomic E-state index is 13.0. The van der Waals surface area contributed by atoms with Gasteiger partial charge in [-0.2, -0.15) is 0 Å². The third kappa shape index (κ3) is 4.96. The third-order valence-electron chi connectivity index (χ3n) is 7.26. The standard InChI is InChI=1S/C26H34ClN3O4/c1-14-10-15(2)29-26(32)20(14)12-28-25(31)19-11-21(27)24-23(16(19)3)33-13-22(34-24)17-6-8-18(9-7-17)30(4)5/h10-11,17-18,22H,6-9,12-13H2,1-5H3,(H,28,31)(H,29,32)/t17?,18?,22-/m0/s1. The number of pyridine rings is 1. The predicted molar refractivity (Wildman–Crippen MR) is 133 cm³/mol. The van der Waals surface area contributed by atoms with E-state index in [2.05, 4.69) is 29.3 Å². The molecule has 2 N–H and O–H groups in total. The number of halogens is 1. The van der Waals surface area contributed by atoms with Crippen molar-refractivity contribution in [2.24, 2.45) is 5.92 Å². The van der Waals surface area contributed by atoms with Gasteiger partial charge < -0.3 is 24.7 Å². The maximum Gasteiger partial charge on any atom is 0.253 e. The minimum atomic E-state index is -0.311. The summed E-state index contributed by atoms with van der Waals surface area (Å²) in [6.45, 7) is 6.10. The SMILES string of the molecule is Cc1cc(C)c(CNC(=O)c2cc(Cl)c3c(c2C)OC[C@@H](C2CCC(N(C)C)CC2)O3)c(=O)[nH]1. The lowest BCUT2D eigenvalue weighted by Crippen LogP contribution is -2.41. The van der Waals surface area contributed by atoms with Gasteiger partial charge in [-0.25, -0.2) is 0 Å². The first-order valence-corrected chi connectivity index (χ1v) is 12.3. The topological polar surface area (TPSA) is 83.7 Å². The molecule has 1 aromatic heterocycles. The van der Waals surface area contributed by atoms with Crippen LogP contribution in [0.4, 0.5) is 0 Å². The molecule has 1 aromatic carbocycles. The quantitative estimate of drug-likeness (QED) is 0.662. The first kappa shape index (κ1) is 24.6. The van der Waals surface area contributed by atoms with Crippen LogP contribution in [0.15, 0.2) is 16.9 Å². The number of benzene rings is 1. The molecule has 1 fully saturated rings. The van der Waals surface area contributed by atoms with Crippen LogP contribution in [0, 0.1) is 26.7 Å². The fourth-order valence-corrected chi connectivity index (χ4v) is 5.40. The second-order valence-electron chi connectivity index (χ2n) is 9.81. The van der Waals surface area contributed by atoms with Crippen molar-refractivity contribution in [3.05, 3.63) is 55.5 Å². The lowest BCUT2D eigenvalue weighted by atomic mass is 9.82. The molecule has 4 rings (SSSR count). The summed E-state index contributed by atoms with van der Waals surface area (Å²) in [6.07, 6.45) is 4.46. The number of aryl methyl sites for hydroxylation is 2. The van der Waals surface area contributed by atoms with Crippen LogP contribution in [-0.2, 0) is 6.54 Å². The molecule has 8 heteroatoms. The van der Waals surface area contributed by atoms with E-state index in [4.69, 9.17) is 21.1 Å². The molecule has 1 saturated carbocycles. The number of aromatic amines is 1. The summed E-state index contributed by atoms with van der Waals surface area (Å²) >= 11 is 6.57. The molecule has 0 unspecified atom stereocenters. The molecule has 1 aliphatic carbocycles. The third-order valence-corrected chi connectivity index (χ3v) is 7.54. The zero-order chi connectivity index (χ0) is 24.6. The van der Waals surface area contributed by atoms with Crippen molar-refractivity contribution >= 4 is 17.5 Å². The van der Waals surface area contributed by atoms with Gasteiger partial charge in [0.1, 0.15) is 12.7 Å². The van der Waals surface area contributed by atoms with Crippen LogP contribution < -0.4 is 20.3 Å². The summed E-state index contributed by atoms with van der Waals surface area (Å²) in [5.74, 6) is 1.17. The lowest BCUT2D eigenvalue weighted by molar-refractivity contribution is 0.0242. The highest BCUT2D eigenvalue weighted by molar-refractivity contribution is 6.32. The van der Waals surface area contributed by atoms with E-state index in [1.54, 1.807) is 6.07 Å². The molecule has 2 aromatic rings. The fourth-order valence-electron chi connectivity index (χ4n) is 5.16. The van der Waals surface area contributed by atoms with Crippen molar-refractivity contribution in [3.8, 4) is 11.5 Å². The molecule has 0 saturated heterocycles.